The highest BCUT2D eigenvalue weighted by Gasteiger charge is 2.07. The van der Waals surface area contributed by atoms with Crippen LogP contribution in [0.25, 0.3) is 6.08 Å². The van der Waals surface area contributed by atoms with Crippen molar-refractivity contribution in [2.45, 2.75) is 26.7 Å². The second kappa shape index (κ2) is 13.4. The molecule has 0 aromatic heterocycles. The fourth-order valence-electron chi connectivity index (χ4n) is 2.45. The maximum atomic E-state index is 12.2. The molecule has 0 N–H and O–H groups in total. The molecule has 0 saturated carbocycles. The molecule has 0 bridgehead atoms. The molecule has 2 aromatic rings. The number of ether oxygens (including phenoxy) is 4. The van der Waals surface area contributed by atoms with Gasteiger partial charge in [0.05, 0.1) is 25.0 Å². The summed E-state index contributed by atoms with van der Waals surface area (Å²) in [5.41, 5.74) is 1.84. The van der Waals surface area contributed by atoms with Crippen LogP contribution in [0.3, 0.4) is 0 Å². The second-order valence-electron chi connectivity index (χ2n) is 7.44. The average molecular weight is 465 g/mol. The minimum absolute atomic E-state index is 0.314. The SMILES string of the molecule is C=C(C)C(=O)OCCCCOc1ccc(C(=O)OC=Cc2ccc(OC(=O)C(=C)C)cc2)cc1. The van der Waals surface area contributed by atoms with E-state index >= 15 is 0 Å². The number of rotatable bonds is 12. The predicted octanol–water partition coefficient (Wildman–Crippen LogP) is 5.27. The van der Waals surface area contributed by atoms with E-state index in [-0.39, 0.29) is 0 Å². The fraction of sp³-hybridized carbons (Fsp3) is 0.222. The van der Waals surface area contributed by atoms with Gasteiger partial charge in [0.15, 0.2) is 0 Å². The van der Waals surface area contributed by atoms with Gasteiger partial charge >= 0.3 is 17.9 Å². The Morgan fingerprint density at radius 1 is 0.794 bits per heavy atom. The van der Waals surface area contributed by atoms with Crippen LogP contribution in [0.15, 0.2) is 79.1 Å². The van der Waals surface area contributed by atoms with Gasteiger partial charge in [-0.2, -0.15) is 0 Å². The molecule has 2 aromatic carbocycles. The summed E-state index contributed by atoms with van der Waals surface area (Å²) >= 11 is 0. The van der Waals surface area contributed by atoms with Crippen LogP contribution in [-0.2, 0) is 19.1 Å². The van der Waals surface area contributed by atoms with E-state index in [0.29, 0.717) is 47.8 Å². The van der Waals surface area contributed by atoms with E-state index in [1.54, 1.807) is 68.5 Å². The van der Waals surface area contributed by atoms with Gasteiger partial charge in [0.25, 0.3) is 0 Å². The summed E-state index contributed by atoms with van der Waals surface area (Å²) in [5, 5.41) is 0. The third kappa shape index (κ3) is 9.16. The lowest BCUT2D eigenvalue weighted by Gasteiger charge is -2.07. The first-order chi connectivity index (χ1) is 16.3. The summed E-state index contributed by atoms with van der Waals surface area (Å²) in [7, 11) is 0. The minimum Gasteiger partial charge on any atom is -0.494 e. The first-order valence-electron chi connectivity index (χ1n) is 10.7. The third-order valence-corrected chi connectivity index (χ3v) is 4.35. The third-order valence-electron chi connectivity index (χ3n) is 4.35. The predicted molar refractivity (Wildman–Crippen MR) is 128 cm³/mol. The van der Waals surface area contributed by atoms with Gasteiger partial charge in [0.2, 0.25) is 0 Å². The highest BCUT2D eigenvalue weighted by molar-refractivity contribution is 5.90. The van der Waals surface area contributed by atoms with Gasteiger partial charge in [-0.1, -0.05) is 25.3 Å². The summed E-state index contributed by atoms with van der Waals surface area (Å²) in [5.74, 6) is -0.365. The van der Waals surface area contributed by atoms with Gasteiger partial charge in [0, 0.05) is 11.1 Å². The molecule has 178 valence electrons. The lowest BCUT2D eigenvalue weighted by molar-refractivity contribution is -0.139. The van der Waals surface area contributed by atoms with Crippen molar-refractivity contribution in [2.75, 3.05) is 13.2 Å². The Balaban J connectivity index is 1.72. The van der Waals surface area contributed by atoms with Crippen molar-refractivity contribution in [3.05, 3.63) is 90.2 Å². The molecule has 7 heteroatoms. The van der Waals surface area contributed by atoms with Crippen LogP contribution in [-0.4, -0.2) is 31.1 Å². The minimum atomic E-state index is -0.505. The Labute approximate surface area is 199 Å². The highest BCUT2D eigenvalue weighted by Crippen LogP contribution is 2.16. The van der Waals surface area contributed by atoms with Crippen molar-refractivity contribution in [1.82, 2.24) is 0 Å². The smallest absolute Gasteiger partial charge is 0.342 e. The van der Waals surface area contributed by atoms with Gasteiger partial charge in [-0.25, -0.2) is 14.4 Å². The van der Waals surface area contributed by atoms with Crippen LogP contribution in [0.4, 0.5) is 0 Å². The van der Waals surface area contributed by atoms with Crippen molar-refractivity contribution in [1.29, 1.82) is 0 Å². The monoisotopic (exact) mass is 464 g/mol. The fourth-order valence-corrected chi connectivity index (χ4v) is 2.45. The Kier molecular flexibility index (Phi) is 10.3. The highest BCUT2D eigenvalue weighted by atomic mass is 16.5. The Morgan fingerprint density at radius 3 is 2.00 bits per heavy atom. The van der Waals surface area contributed by atoms with Crippen molar-refractivity contribution in [3.63, 3.8) is 0 Å². The van der Waals surface area contributed by atoms with Gasteiger partial charge < -0.3 is 18.9 Å². The van der Waals surface area contributed by atoms with E-state index in [1.807, 2.05) is 0 Å². The van der Waals surface area contributed by atoms with Crippen molar-refractivity contribution >= 4 is 24.0 Å². The molecular weight excluding hydrogens is 436 g/mol. The zero-order valence-electron chi connectivity index (χ0n) is 19.4. The van der Waals surface area contributed by atoms with Gasteiger partial charge in [-0.05, 0) is 74.7 Å². The molecular formula is C27H28O7. The number of hydrogen-bond donors (Lipinski definition) is 0. The number of carbonyl (C=O) groups is 3. The first-order valence-corrected chi connectivity index (χ1v) is 10.7. The van der Waals surface area contributed by atoms with Gasteiger partial charge in [0.1, 0.15) is 11.5 Å². The number of carbonyl (C=O) groups excluding carboxylic acids is 3. The topological polar surface area (TPSA) is 88.1 Å². The van der Waals surface area contributed by atoms with Gasteiger partial charge in [-0.15, -0.1) is 0 Å². The van der Waals surface area contributed by atoms with E-state index in [0.717, 1.165) is 12.0 Å². The van der Waals surface area contributed by atoms with E-state index < -0.39 is 17.9 Å². The van der Waals surface area contributed by atoms with Crippen molar-refractivity contribution in [2.24, 2.45) is 0 Å². The molecule has 0 unspecified atom stereocenters. The summed E-state index contributed by atoms with van der Waals surface area (Å²) in [6.45, 7) is 11.0. The molecule has 0 atom stereocenters. The molecule has 0 aliphatic heterocycles. The quantitative estimate of drug-likeness (QED) is 0.139. The number of benzene rings is 2. The second-order valence-corrected chi connectivity index (χ2v) is 7.44. The summed E-state index contributed by atoms with van der Waals surface area (Å²) in [6.07, 6.45) is 4.31. The van der Waals surface area contributed by atoms with Crippen molar-refractivity contribution in [3.8, 4) is 11.5 Å². The maximum Gasteiger partial charge on any atom is 0.342 e. The van der Waals surface area contributed by atoms with Crippen LogP contribution in [0.1, 0.15) is 42.6 Å². The molecule has 0 spiro atoms. The van der Waals surface area contributed by atoms with E-state index in [9.17, 15) is 14.4 Å². The molecule has 0 fully saturated rings. The normalized spacial score (nSPS) is 10.4. The molecule has 0 aliphatic carbocycles. The molecule has 0 amide bonds. The molecule has 2 rings (SSSR count). The molecule has 0 heterocycles. The Bertz CT molecular complexity index is 1050. The number of esters is 3. The maximum absolute atomic E-state index is 12.2. The summed E-state index contributed by atoms with van der Waals surface area (Å²) in [6, 6.07) is 13.3. The average Bonchev–Trinajstić information content (AvgIpc) is 2.82. The van der Waals surface area contributed by atoms with E-state index in [1.165, 1.54) is 6.26 Å². The molecule has 0 radical (unpaired) electrons. The van der Waals surface area contributed by atoms with Crippen LogP contribution in [0.5, 0.6) is 11.5 Å². The Hall–Kier alpha value is -4.13. The largest absolute Gasteiger partial charge is 0.494 e. The van der Waals surface area contributed by atoms with Gasteiger partial charge in [-0.3, -0.25) is 0 Å². The zero-order chi connectivity index (χ0) is 24.9. The van der Waals surface area contributed by atoms with Crippen LogP contribution >= 0.6 is 0 Å². The van der Waals surface area contributed by atoms with Crippen LogP contribution in [0.2, 0.25) is 0 Å². The lowest BCUT2D eigenvalue weighted by atomic mass is 10.2. The zero-order valence-corrected chi connectivity index (χ0v) is 19.4. The Morgan fingerprint density at radius 2 is 1.38 bits per heavy atom. The number of unbranched alkanes of at least 4 members (excludes halogenated alkanes) is 1. The first kappa shape index (κ1) is 26.1. The molecule has 7 nitrogen and oxygen atoms in total. The standard InChI is InChI=1S/C27H28O7/c1-19(2)25(28)32-17-6-5-16-31-23-13-9-22(10-14-23)27(30)33-18-15-21-7-11-24(12-8-21)34-26(29)20(3)4/h7-15,18H,1,3,5-6,16-17H2,2,4H3. The molecule has 0 saturated heterocycles. The van der Waals surface area contributed by atoms with Crippen LogP contribution in [0, 0.1) is 0 Å². The summed E-state index contributed by atoms with van der Waals surface area (Å²) < 4.78 is 20.9. The molecule has 34 heavy (non-hydrogen) atoms. The lowest BCUT2D eigenvalue weighted by Crippen LogP contribution is -2.07. The van der Waals surface area contributed by atoms with E-state index in [4.69, 9.17) is 18.9 Å². The van der Waals surface area contributed by atoms with E-state index in [2.05, 4.69) is 13.2 Å². The summed E-state index contributed by atoms with van der Waals surface area (Å²) in [4.78, 5) is 35.0. The molecule has 0 aliphatic rings. The number of hydrogen-bond acceptors (Lipinski definition) is 7. The van der Waals surface area contributed by atoms with Crippen LogP contribution < -0.4 is 9.47 Å². The van der Waals surface area contributed by atoms with Crippen molar-refractivity contribution < 1.29 is 33.3 Å².